The fourth-order valence-corrected chi connectivity index (χ4v) is 2.73. The Labute approximate surface area is 143 Å². The Kier molecular flexibility index (Phi) is 7.87. The molecule has 0 saturated carbocycles. The first-order chi connectivity index (χ1) is 11.3. The van der Waals surface area contributed by atoms with E-state index in [-0.39, 0.29) is 11.7 Å². The lowest BCUT2D eigenvalue weighted by Gasteiger charge is -2.35. The molecule has 138 valence electrons. The maximum Gasteiger partial charge on any atom is 0.573 e. The van der Waals surface area contributed by atoms with Crippen LogP contribution in [0.4, 0.5) is 18.9 Å². The van der Waals surface area contributed by atoms with E-state index in [2.05, 4.69) is 21.5 Å². The van der Waals surface area contributed by atoms with Crippen LogP contribution in [0, 0.1) is 0 Å². The van der Waals surface area contributed by atoms with Crippen molar-refractivity contribution < 1.29 is 17.9 Å². The Bertz CT molecular complexity index is 496. The SMILES string of the molecule is CC.CCN1CCN(c2ccc(C(C)C)c(OC(F)(F)F)c2)CC1. The average molecular weight is 346 g/mol. The highest BCUT2D eigenvalue weighted by Crippen LogP contribution is 2.34. The molecule has 1 saturated heterocycles. The molecule has 0 amide bonds. The molecule has 2 rings (SSSR count). The Morgan fingerprint density at radius 2 is 1.67 bits per heavy atom. The van der Waals surface area contributed by atoms with E-state index in [1.54, 1.807) is 6.07 Å². The van der Waals surface area contributed by atoms with Crippen molar-refractivity contribution in [3.63, 3.8) is 0 Å². The van der Waals surface area contributed by atoms with Crippen molar-refractivity contribution in [1.29, 1.82) is 0 Å². The molecular formula is C18H29F3N2O. The predicted octanol–water partition coefficient (Wildman–Crippen LogP) is 4.88. The van der Waals surface area contributed by atoms with Crippen molar-refractivity contribution in [2.75, 3.05) is 37.6 Å². The molecular weight excluding hydrogens is 317 g/mol. The fourth-order valence-electron chi connectivity index (χ4n) is 2.73. The van der Waals surface area contributed by atoms with Crippen LogP contribution < -0.4 is 9.64 Å². The van der Waals surface area contributed by atoms with E-state index in [1.807, 2.05) is 33.8 Å². The van der Waals surface area contributed by atoms with E-state index in [0.717, 1.165) is 38.4 Å². The summed E-state index contributed by atoms with van der Waals surface area (Å²) >= 11 is 0. The van der Waals surface area contributed by atoms with E-state index < -0.39 is 6.36 Å². The lowest BCUT2D eigenvalue weighted by molar-refractivity contribution is -0.274. The monoisotopic (exact) mass is 346 g/mol. The highest BCUT2D eigenvalue weighted by molar-refractivity contribution is 5.55. The van der Waals surface area contributed by atoms with Crippen molar-refractivity contribution in [3.05, 3.63) is 23.8 Å². The third-order valence-electron chi connectivity index (χ3n) is 4.03. The number of nitrogens with zero attached hydrogens (tertiary/aromatic N) is 2. The number of hydrogen-bond donors (Lipinski definition) is 0. The Morgan fingerprint density at radius 1 is 1.08 bits per heavy atom. The number of anilines is 1. The molecule has 6 heteroatoms. The standard InChI is InChI=1S/C16H23F3N2O.C2H6/c1-4-20-7-9-21(10-8-20)13-5-6-14(12(2)3)15(11-13)22-16(17,18)19;1-2/h5-6,11-12H,4,7-10H2,1-3H3;1-2H3. The average Bonchev–Trinajstić information content (AvgIpc) is 2.55. The largest absolute Gasteiger partial charge is 0.573 e. The van der Waals surface area contributed by atoms with Gasteiger partial charge in [0.2, 0.25) is 0 Å². The van der Waals surface area contributed by atoms with E-state index in [1.165, 1.54) is 6.07 Å². The Hall–Kier alpha value is -1.43. The van der Waals surface area contributed by atoms with Crippen molar-refractivity contribution >= 4 is 5.69 Å². The second kappa shape index (κ2) is 9.16. The van der Waals surface area contributed by atoms with E-state index >= 15 is 0 Å². The van der Waals surface area contributed by atoms with Gasteiger partial charge >= 0.3 is 6.36 Å². The molecule has 24 heavy (non-hydrogen) atoms. The van der Waals surface area contributed by atoms with Crippen molar-refractivity contribution in [2.24, 2.45) is 0 Å². The third kappa shape index (κ3) is 5.89. The van der Waals surface area contributed by atoms with Crippen LogP contribution in [0.15, 0.2) is 18.2 Å². The number of alkyl halides is 3. The first-order valence-corrected chi connectivity index (χ1v) is 8.67. The first kappa shape index (κ1) is 20.6. The van der Waals surface area contributed by atoms with Crippen LogP contribution in [-0.4, -0.2) is 44.0 Å². The van der Waals surface area contributed by atoms with E-state index in [4.69, 9.17) is 0 Å². The number of halogens is 3. The van der Waals surface area contributed by atoms with Crippen LogP contribution in [0.25, 0.3) is 0 Å². The van der Waals surface area contributed by atoms with E-state index in [0.29, 0.717) is 5.56 Å². The molecule has 0 bridgehead atoms. The molecule has 0 N–H and O–H groups in total. The summed E-state index contributed by atoms with van der Waals surface area (Å²) in [5, 5.41) is 0. The molecule has 1 aromatic carbocycles. The molecule has 1 fully saturated rings. The van der Waals surface area contributed by atoms with Gasteiger partial charge in [-0.3, -0.25) is 0 Å². The summed E-state index contributed by atoms with van der Waals surface area (Å²) in [5.41, 5.74) is 1.37. The highest BCUT2D eigenvalue weighted by atomic mass is 19.4. The molecule has 1 aliphatic rings. The summed E-state index contributed by atoms with van der Waals surface area (Å²) in [6, 6.07) is 5.15. The zero-order chi connectivity index (χ0) is 18.3. The maximum absolute atomic E-state index is 12.6. The molecule has 3 nitrogen and oxygen atoms in total. The number of benzene rings is 1. The molecule has 0 aromatic heterocycles. The summed E-state index contributed by atoms with van der Waals surface area (Å²) in [6.45, 7) is 14.3. The fraction of sp³-hybridized carbons (Fsp3) is 0.667. The topological polar surface area (TPSA) is 15.7 Å². The van der Waals surface area contributed by atoms with Crippen molar-refractivity contribution in [2.45, 2.75) is 46.9 Å². The molecule has 0 unspecified atom stereocenters. The van der Waals surface area contributed by atoms with Crippen LogP contribution in [0.1, 0.15) is 46.1 Å². The minimum Gasteiger partial charge on any atom is -0.405 e. The lowest BCUT2D eigenvalue weighted by Crippen LogP contribution is -2.46. The Morgan fingerprint density at radius 3 is 2.12 bits per heavy atom. The molecule has 1 heterocycles. The molecule has 0 aliphatic carbocycles. The highest BCUT2D eigenvalue weighted by Gasteiger charge is 2.32. The summed E-state index contributed by atoms with van der Waals surface area (Å²) in [6.07, 6.45) is -4.66. The minimum absolute atomic E-state index is 0.0247. The van der Waals surface area contributed by atoms with Gasteiger partial charge in [-0.15, -0.1) is 13.2 Å². The number of piperazine rings is 1. The predicted molar refractivity (Wildman–Crippen MR) is 92.9 cm³/mol. The van der Waals surface area contributed by atoms with Gasteiger partial charge in [-0.1, -0.05) is 40.7 Å². The number of hydrogen-bond acceptors (Lipinski definition) is 3. The van der Waals surface area contributed by atoms with Gasteiger partial charge in [0, 0.05) is 37.9 Å². The van der Waals surface area contributed by atoms with E-state index in [9.17, 15) is 13.2 Å². The summed E-state index contributed by atoms with van der Waals surface area (Å²) < 4.78 is 42.1. The van der Waals surface area contributed by atoms with Gasteiger partial charge in [-0.05, 0) is 24.1 Å². The number of likely N-dealkylation sites (N-methyl/N-ethyl adjacent to an activating group) is 1. The van der Waals surface area contributed by atoms with Gasteiger partial charge in [0.15, 0.2) is 0 Å². The van der Waals surface area contributed by atoms with Gasteiger partial charge in [-0.25, -0.2) is 0 Å². The second-order valence-corrected chi connectivity index (χ2v) is 5.85. The van der Waals surface area contributed by atoms with Gasteiger partial charge in [0.1, 0.15) is 5.75 Å². The van der Waals surface area contributed by atoms with Gasteiger partial charge < -0.3 is 14.5 Å². The van der Waals surface area contributed by atoms with Crippen LogP contribution >= 0.6 is 0 Å². The van der Waals surface area contributed by atoms with Gasteiger partial charge in [0.25, 0.3) is 0 Å². The van der Waals surface area contributed by atoms with Crippen LogP contribution in [0.5, 0.6) is 5.75 Å². The Balaban J connectivity index is 0.00000139. The third-order valence-corrected chi connectivity index (χ3v) is 4.03. The molecule has 1 aliphatic heterocycles. The number of ether oxygens (including phenoxy) is 1. The molecule has 1 aromatic rings. The molecule has 0 atom stereocenters. The zero-order valence-electron chi connectivity index (χ0n) is 15.3. The van der Waals surface area contributed by atoms with Gasteiger partial charge in [-0.2, -0.15) is 0 Å². The summed E-state index contributed by atoms with van der Waals surface area (Å²) in [7, 11) is 0. The molecule has 0 radical (unpaired) electrons. The minimum atomic E-state index is -4.66. The van der Waals surface area contributed by atoms with Crippen LogP contribution in [-0.2, 0) is 0 Å². The smallest absolute Gasteiger partial charge is 0.405 e. The number of rotatable bonds is 4. The summed E-state index contributed by atoms with van der Waals surface area (Å²) in [4.78, 5) is 4.44. The van der Waals surface area contributed by atoms with Crippen LogP contribution in [0.3, 0.4) is 0 Å². The lowest BCUT2D eigenvalue weighted by atomic mass is 10.0. The maximum atomic E-state index is 12.6. The first-order valence-electron chi connectivity index (χ1n) is 8.67. The summed E-state index contributed by atoms with van der Waals surface area (Å²) in [5.74, 6) is -0.110. The molecule has 0 spiro atoms. The zero-order valence-corrected chi connectivity index (χ0v) is 15.3. The van der Waals surface area contributed by atoms with Gasteiger partial charge in [0.05, 0.1) is 0 Å². The van der Waals surface area contributed by atoms with Crippen molar-refractivity contribution in [1.82, 2.24) is 4.90 Å². The second-order valence-electron chi connectivity index (χ2n) is 5.85. The van der Waals surface area contributed by atoms with Crippen molar-refractivity contribution in [3.8, 4) is 5.75 Å². The normalized spacial score (nSPS) is 16.0. The quantitative estimate of drug-likeness (QED) is 0.773. The van der Waals surface area contributed by atoms with Crippen LogP contribution in [0.2, 0.25) is 0 Å².